The fraction of sp³-hybridized carbons (Fsp3) is 0.500. The maximum absolute atomic E-state index is 12.0. The van der Waals surface area contributed by atoms with Crippen LogP contribution in [0.3, 0.4) is 0 Å². The zero-order valence-corrected chi connectivity index (χ0v) is 12.6. The van der Waals surface area contributed by atoms with E-state index < -0.39 is 0 Å². The molecule has 0 saturated carbocycles. The van der Waals surface area contributed by atoms with E-state index in [1.165, 1.54) is 5.69 Å². The number of aromatic amines is 1. The predicted octanol–water partition coefficient (Wildman–Crippen LogP) is 2.08. The van der Waals surface area contributed by atoms with Crippen LogP contribution in [0.25, 0.3) is 0 Å². The molecule has 0 aromatic carbocycles. The molecule has 0 fully saturated rings. The van der Waals surface area contributed by atoms with Crippen LogP contribution in [-0.4, -0.2) is 19.5 Å². The van der Waals surface area contributed by atoms with Crippen LogP contribution in [-0.2, 0) is 25.1 Å². The minimum atomic E-state index is 0.0377. The van der Waals surface area contributed by atoms with Crippen molar-refractivity contribution >= 4 is 11.8 Å². The molecular weight excluding hydrogens is 272 g/mol. The molecule has 1 aliphatic rings. The van der Waals surface area contributed by atoms with Crippen LogP contribution in [0.2, 0.25) is 0 Å². The molecule has 0 bridgehead atoms. The Morgan fingerprint density at radius 1 is 1.45 bits per heavy atom. The minimum absolute atomic E-state index is 0.0377. The molecule has 0 atom stereocenters. The van der Waals surface area contributed by atoms with Gasteiger partial charge in [-0.1, -0.05) is 11.8 Å². The number of aromatic nitrogens is 4. The molecule has 20 heavy (non-hydrogen) atoms. The third-order valence-electron chi connectivity index (χ3n) is 3.76. The van der Waals surface area contributed by atoms with E-state index in [1.807, 2.05) is 13.3 Å². The van der Waals surface area contributed by atoms with Crippen molar-refractivity contribution in [1.82, 2.24) is 19.5 Å². The minimum Gasteiger partial charge on any atom is -0.334 e. The van der Waals surface area contributed by atoms with E-state index in [1.54, 1.807) is 11.8 Å². The maximum atomic E-state index is 12.0. The highest BCUT2D eigenvalue weighted by Crippen LogP contribution is 2.23. The maximum Gasteiger partial charge on any atom is 0.254 e. The van der Waals surface area contributed by atoms with Gasteiger partial charge in [0.15, 0.2) is 5.16 Å². The molecular formula is C14H18N4OS. The van der Waals surface area contributed by atoms with Crippen molar-refractivity contribution in [3.05, 3.63) is 39.3 Å². The van der Waals surface area contributed by atoms with Crippen molar-refractivity contribution in [1.29, 1.82) is 0 Å². The first-order valence-electron chi connectivity index (χ1n) is 6.94. The summed E-state index contributed by atoms with van der Waals surface area (Å²) in [6.45, 7) is 5.02. The molecule has 0 unspecified atom stereocenters. The average Bonchev–Trinajstić information content (AvgIpc) is 3.03. The SMILES string of the molecule is CCn1cnc(C)c1CSc1nc2c(c(=O)[nH]1)CCC2. The first-order valence-corrected chi connectivity index (χ1v) is 7.93. The summed E-state index contributed by atoms with van der Waals surface area (Å²) in [7, 11) is 0. The fourth-order valence-corrected chi connectivity index (χ4v) is 3.58. The second kappa shape index (κ2) is 5.44. The zero-order chi connectivity index (χ0) is 14.1. The predicted molar refractivity (Wildman–Crippen MR) is 79.1 cm³/mol. The number of nitrogens with one attached hydrogen (secondary N) is 1. The van der Waals surface area contributed by atoms with Gasteiger partial charge in [0.2, 0.25) is 0 Å². The van der Waals surface area contributed by atoms with Crippen LogP contribution in [0.4, 0.5) is 0 Å². The van der Waals surface area contributed by atoms with Crippen LogP contribution in [0, 0.1) is 6.92 Å². The standard InChI is InChI=1S/C14H18N4OS/c1-3-18-8-15-9(2)12(18)7-20-14-16-11-6-4-5-10(11)13(19)17-14/h8H,3-7H2,1-2H3,(H,16,17,19). The number of hydrogen-bond acceptors (Lipinski definition) is 4. The summed E-state index contributed by atoms with van der Waals surface area (Å²) < 4.78 is 2.13. The van der Waals surface area contributed by atoms with Gasteiger partial charge in [-0.05, 0) is 33.1 Å². The highest BCUT2D eigenvalue weighted by molar-refractivity contribution is 7.98. The van der Waals surface area contributed by atoms with Gasteiger partial charge in [0.25, 0.3) is 5.56 Å². The number of nitrogens with zero attached hydrogens (tertiary/aromatic N) is 3. The Morgan fingerprint density at radius 3 is 3.10 bits per heavy atom. The second-order valence-electron chi connectivity index (χ2n) is 5.00. The van der Waals surface area contributed by atoms with E-state index in [4.69, 9.17) is 0 Å². The lowest BCUT2D eigenvalue weighted by Gasteiger charge is -2.07. The van der Waals surface area contributed by atoms with E-state index in [0.717, 1.165) is 53.7 Å². The topological polar surface area (TPSA) is 63.6 Å². The highest BCUT2D eigenvalue weighted by atomic mass is 32.2. The average molecular weight is 290 g/mol. The summed E-state index contributed by atoms with van der Waals surface area (Å²) in [5.41, 5.74) is 4.14. The normalized spacial score (nSPS) is 13.7. The third-order valence-corrected chi connectivity index (χ3v) is 4.65. The number of thioether (sulfide) groups is 1. The van der Waals surface area contributed by atoms with Gasteiger partial charge in [-0.2, -0.15) is 0 Å². The highest BCUT2D eigenvalue weighted by Gasteiger charge is 2.17. The van der Waals surface area contributed by atoms with E-state index in [0.29, 0.717) is 0 Å². The van der Waals surface area contributed by atoms with E-state index in [-0.39, 0.29) is 5.56 Å². The molecule has 0 amide bonds. The number of fused-ring (bicyclic) bond motifs is 1. The molecule has 5 nitrogen and oxygen atoms in total. The monoisotopic (exact) mass is 290 g/mol. The van der Waals surface area contributed by atoms with E-state index >= 15 is 0 Å². The van der Waals surface area contributed by atoms with Crippen LogP contribution in [0.5, 0.6) is 0 Å². The van der Waals surface area contributed by atoms with Gasteiger partial charge in [0.1, 0.15) is 0 Å². The van der Waals surface area contributed by atoms with Gasteiger partial charge in [0, 0.05) is 17.9 Å². The van der Waals surface area contributed by atoms with Gasteiger partial charge in [-0.15, -0.1) is 0 Å². The molecule has 0 spiro atoms. The number of aryl methyl sites for hydroxylation is 3. The first kappa shape index (κ1) is 13.4. The van der Waals surface area contributed by atoms with Crippen LogP contribution < -0.4 is 5.56 Å². The van der Waals surface area contributed by atoms with Gasteiger partial charge < -0.3 is 9.55 Å². The van der Waals surface area contributed by atoms with Crippen LogP contribution >= 0.6 is 11.8 Å². The number of rotatable bonds is 4. The molecule has 6 heteroatoms. The zero-order valence-electron chi connectivity index (χ0n) is 11.8. The van der Waals surface area contributed by atoms with Crippen molar-refractivity contribution in [2.24, 2.45) is 0 Å². The quantitative estimate of drug-likeness (QED) is 0.691. The molecule has 3 rings (SSSR count). The third kappa shape index (κ3) is 2.40. The Morgan fingerprint density at radius 2 is 2.30 bits per heavy atom. The lowest BCUT2D eigenvalue weighted by molar-refractivity contribution is 0.731. The number of imidazole rings is 1. The summed E-state index contributed by atoms with van der Waals surface area (Å²) in [5.74, 6) is 0.779. The summed E-state index contributed by atoms with van der Waals surface area (Å²) in [5, 5.41) is 0.721. The lowest BCUT2D eigenvalue weighted by atomic mass is 10.3. The molecule has 106 valence electrons. The Balaban J connectivity index is 1.81. The van der Waals surface area contributed by atoms with Crippen molar-refractivity contribution in [3.63, 3.8) is 0 Å². The molecule has 1 aliphatic carbocycles. The molecule has 1 N–H and O–H groups in total. The smallest absolute Gasteiger partial charge is 0.254 e. The largest absolute Gasteiger partial charge is 0.334 e. The Kier molecular flexibility index (Phi) is 3.65. The Labute approximate surface area is 121 Å². The molecule has 0 radical (unpaired) electrons. The molecule has 2 heterocycles. The second-order valence-corrected chi connectivity index (χ2v) is 5.97. The van der Waals surface area contributed by atoms with Gasteiger partial charge >= 0.3 is 0 Å². The summed E-state index contributed by atoms with van der Waals surface area (Å²) in [6.07, 6.45) is 4.70. The van der Waals surface area contributed by atoms with Crippen LogP contribution in [0.15, 0.2) is 16.3 Å². The summed E-state index contributed by atoms with van der Waals surface area (Å²) >= 11 is 1.57. The molecule has 0 aliphatic heterocycles. The van der Waals surface area contributed by atoms with Gasteiger partial charge in [0.05, 0.1) is 23.4 Å². The van der Waals surface area contributed by atoms with Crippen molar-refractivity contribution in [3.8, 4) is 0 Å². The Hall–Kier alpha value is -1.56. The molecule has 2 aromatic rings. The lowest BCUT2D eigenvalue weighted by Crippen LogP contribution is -2.15. The van der Waals surface area contributed by atoms with Crippen molar-refractivity contribution < 1.29 is 0 Å². The number of hydrogen-bond donors (Lipinski definition) is 1. The molecule has 0 saturated heterocycles. The van der Waals surface area contributed by atoms with E-state index in [2.05, 4.69) is 26.4 Å². The van der Waals surface area contributed by atoms with Gasteiger partial charge in [-0.3, -0.25) is 4.79 Å². The van der Waals surface area contributed by atoms with Gasteiger partial charge in [-0.25, -0.2) is 9.97 Å². The van der Waals surface area contributed by atoms with Crippen molar-refractivity contribution in [2.45, 2.75) is 50.6 Å². The number of H-pyrrole nitrogens is 1. The van der Waals surface area contributed by atoms with Crippen LogP contribution in [0.1, 0.15) is 36.0 Å². The summed E-state index contributed by atoms with van der Waals surface area (Å²) in [4.78, 5) is 23.8. The first-order chi connectivity index (χ1) is 9.69. The van der Waals surface area contributed by atoms with Crippen molar-refractivity contribution in [2.75, 3.05) is 0 Å². The Bertz CT molecular complexity index is 689. The fourth-order valence-electron chi connectivity index (χ4n) is 2.59. The molecule has 2 aromatic heterocycles. The summed E-state index contributed by atoms with van der Waals surface area (Å²) in [6, 6.07) is 0. The van der Waals surface area contributed by atoms with E-state index in [9.17, 15) is 4.79 Å².